The van der Waals surface area contributed by atoms with E-state index in [4.69, 9.17) is 20.0 Å². The number of benzene rings is 2. The lowest BCUT2D eigenvalue weighted by molar-refractivity contribution is 0.258. The molecule has 2 aromatic rings. The number of hydrogen-bond acceptors (Lipinski definition) is 11. The van der Waals surface area contributed by atoms with Crippen LogP contribution in [0.2, 0.25) is 5.02 Å². The van der Waals surface area contributed by atoms with Gasteiger partial charge in [0.1, 0.15) is 11.6 Å². The quantitative estimate of drug-likeness (QED) is 0.248. The smallest absolute Gasteiger partial charge is 0.342 e. The average molecular weight is 652 g/mol. The van der Waals surface area contributed by atoms with Crippen LogP contribution in [0.4, 0.5) is 11.4 Å². The van der Waals surface area contributed by atoms with Gasteiger partial charge in [-0.25, -0.2) is 4.18 Å². The highest BCUT2D eigenvalue weighted by molar-refractivity contribution is 7.89. The highest BCUT2D eigenvalue weighted by atomic mass is 35.5. The van der Waals surface area contributed by atoms with E-state index in [1.54, 1.807) is 24.3 Å². The second-order valence-electron chi connectivity index (χ2n) is 10.6. The molecule has 1 atom stereocenters. The van der Waals surface area contributed by atoms with Gasteiger partial charge in [0.25, 0.3) is 10.1 Å². The van der Waals surface area contributed by atoms with Crippen molar-refractivity contribution >= 4 is 43.2 Å². The van der Waals surface area contributed by atoms with Crippen molar-refractivity contribution in [3.8, 4) is 11.8 Å². The first-order valence-electron chi connectivity index (χ1n) is 14.2. The molecule has 2 aromatic carbocycles. The van der Waals surface area contributed by atoms with Crippen molar-refractivity contribution in [2.24, 2.45) is 0 Å². The van der Waals surface area contributed by atoms with E-state index in [2.05, 4.69) is 29.4 Å². The van der Waals surface area contributed by atoms with E-state index in [9.17, 15) is 22.1 Å². The summed E-state index contributed by atoms with van der Waals surface area (Å²) in [7, 11) is -9.13. The Hall–Kier alpha value is -2.86. The van der Waals surface area contributed by atoms with Gasteiger partial charge in [-0.2, -0.15) is 22.1 Å². The topological polar surface area (TPSA) is 123 Å². The molecule has 11 nitrogen and oxygen atoms in total. The van der Waals surface area contributed by atoms with Crippen molar-refractivity contribution in [3.63, 3.8) is 0 Å². The third kappa shape index (κ3) is 8.20. The summed E-state index contributed by atoms with van der Waals surface area (Å²) in [5.74, 6) is -0.227. The molecular formula is C29H38ClN5O6S2. The Balaban J connectivity index is 1.65. The summed E-state index contributed by atoms with van der Waals surface area (Å²) in [6.45, 7) is 13.3. The average Bonchev–Trinajstić information content (AvgIpc) is 2.97. The van der Waals surface area contributed by atoms with E-state index in [0.717, 1.165) is 51.9 Å². The molecular weight excluding hydrogens is 614 g/mol. The van der Waals surface area contributed by atoms with Gasteiger partial charge in [0.05, 0.1) is 22.7 Å². The zero-order valence-corrected chi connectivity index (χ0v) is 26.9. The van der Waals surface area contributed by atoms with Crippen LogP contribution in [0.1, 0.15) is 29.9 Å². The Morgan fingerprint density at radius 2 is 1.53 bits per heavy atom. The minimum absolute atomic E-state index is 0.0196. The first kappa shape index (κ1) is 33.0. The number of halogens is 1. The lowest BCUT2D eigenvalue weighted by atomic mass is 10.1. The third-order valence-corrected chi connectivity index (χ3v) is 9.82. The van der Waals surface area contributed by atoms with E-state index in [1.807, 2.05) is 15.9 Å². The van der Waals surface area contributed by atoms with Crippen molar-refractivity contribution in [1.82, 2.24) is 9.80 Å². The van der Waals surface area contributed by atoms with E-state index in [-0.39, 0.29) is 21.9 Å². The van der Waals surface area contributed by atoms with E-state index in [0.29, 0.717) is 37.6 Å². The van der Waals surface area contributed by atoms with Crippen molar-refractivity contribution in [2.75, 3.05) is 81.5 Å². The molecule has 0 N–H and O–H groups in total. The van der Waals surface area contributed by atoms with E-state index < -0.39 is 25.7 Å². The van der Waals surface area contributed by atoms with Gasteiger partial charge in [-0.1, -0.05) is 42.8 Å². The van der Waals surface area contributed by atoms with Crippen LogP contribution in [-0.4, -0.2) is 98.3 Å². The minimum atomic E-state index is -4.85. The molecule has 43 heavy (non-hydrogen) atoms. The van der Waals surface area contributed by atoms with Crippen LogP contribution in [0.3, 0.4) is 0 Å². The van der Waals surface area contributed by atoms with Gasteiger partial charge in [-0.15, -0.1) is 6.58 Å². The molecule has 0 radical (unpaired) electrons. The van der Waals surface area contributed by atoms with Crippen LogP contribution >= 0.6 is 11.6 Å². The van der Waals surface area contributed by atoms with Gasteiger partial charge in [0.2, 0.25) is 5.44 Å². The van der Waals surface area contributed by atoms with Crippen molar-refractivity contribution in [3.05, 3.63) is 65.2 Å². The van der Waals surface area contributed by atoms with Gasteiger partial charge in [0, 0.05) is 64.5 Å². The molecule has 0 aliphatic carbocycles. The number of anilines is 2. The molecule has 234 valence electrons. The number of nitrogens with zero attached hydrogens (tertiary/aromatic N) is 5. The monoisotopic (exact) mass is 651 g/mol. The number of hydrogen-bond donors (Lipinski definition) is 0. The molecule has 0 spiro atoms. The fraction of sp³-hybridized carbons (Fsp3) is 0.483. The van der Waals surface area contributed by atoms with Gasteiger partial charge in [0.15, 0.2) is 5.75 Å². The number of nitriles is 1. The van der Waals surface area contributed by atoms with Gasteiger partial charge in [-0.3, -0.25) is 9.80 Å². The lowest BCUT2D eigenvalue weighted by Gasteiger charge is -2.36. The van der Waals surface area contributed by atoms with Crippen LogP contribution in [0.15, 0.2) is 49.1 Å². The van der Waals surface area contributed by atoms with Gasteiger partial charge < -0.3 is 14.0 Å². The predicted molar refractivity (Wildman–Crippen MR) is 169 cm³/mol. The highest BCUT2D eigenvalue weighted by Gasteiger charge is 2.37. The van der Waals surface area contributed by atoms with Crippen molar-refractivity contribution < 1.29 is 25.2 Å². The van der Waals surface area contributed by atoms with Gasteiger partial charge in [-0.05, 0) is 31.2 Å². The number of piperazine rings is 2. The summed E-state index contributed by atoms with van der Waals surface area (Å²) >= 11 is 6.77. The maximum Gasteiger partial charge on any atom is 0.342 e. The zero-order valence-electron chi connectivity index (χ0n) is 24.5. The van der Waals surface area contributed by atoms with Crippen LogP contribution in [0.5, 0.6) is 5.75 Å². The molecule has 0 saturated carbocycles. The lowest BCUT2D eigenvalue weighted by Crippen LogP contribution is -2.46. The van der Waals surface area contributed by atoms with E-state index in [1.165, 1.54) is 12.1 Å². The molecule has 0 bridgehead atoms. The second-order valence-corrected chi connectivity index (χ2v) is 14.1. The first-order valence-corrected chi connectivity index (χ1v) is 17.8. The summed E-state index contributed by atoms with van der Waals surface area (Å²) in [4.78, 5) is 8.58. The molecule has 2 saturated heterocycles. The summed E-state index contributed by atoms with van der Waals surface area (Å²) in [6.07, 6.45) is 3.63. The molecule has 2 fully saturated rings. The summed E-state index contributed by atoms with van der Waals surface area (Å²) in [6, 6.07) is 11.5. The normalized spacial score (nSPS) is 17.8. The van der Waals surface area contributed by atoms with Crippen molar-refractivity contribution in [1.29, 1.82) is 5.26 Å². The maximum absolute atomic E-state index is 13.8. The van der Waals surface area contributed by atoms with Crippen LogP contribution in [-0.2, 0) is 24.4 Å². The summed E-state index contributed by atoms with van der Waals surface area (Å²) < 4.78 is 62.8. The molecule has 4 rings (SSSR count). The summed E-state index contributed by atoms with van der Waals surface area (Å²) in [5.41, 5.74) is -1.06. The molecule has 14 heteroatoms. The van der Waals surface area contributed by atoms with Crippen LogP contribution < -0.4 is 14.0 Å². The Kier molecular flexibility index (Phi) is 11.0. The predicted octanol–water partition coefficient (Wildman–Crippen LogP) is 3.44. The molecule has 0 aromatic heterocycles. The van der Waals surface area contributed by atoms with E-state index >= 15 is 0 Å². The third-order valence-electron chi connectivity index (χ3n) is 7.46. The maximum atomic E-state index is 13.8. The molecule has 1 unspecified atom stereocenters. The fourth-order valence-electron chi connectivity index (χ4n) is 5.39. The molecule has 2 heterocycles. The molecule has 2 aliphatic heterocycles. The highest BCUT2D eigenvalue weighted by Crippen LogP contribution is 2.40. The Morgan fingerprint density at radius 3 is 2.12 bits per heavy atom. The minimum Gasteiger partial charge on any atom is -0.379 e. The molecule has 2 aliphatic rings. The van der Waals surface area contributed by atoms with Crippen LogP contribution in [0.25, 0.3) is 0 Å². The Labute approximate surface area is 260 Å². The Bertz CT molecular complexity index is 1550. The standard InChI is InChI=1S/C29H38ClN5O6S2/c1-4-12-32-14-18-34(19-15-32)25-9-7-11-27(24(25)22-31)40-43(38,39)29(41-42(3,36)37)23-8-6-10-26(28(23)30)35-20-16-33(13-5-2)17-21-35/h4,6-11,29H,1,5,12-21H2,2-3H3. The molecule has 0 amide bonds. The van der Waals surface area contributed by atoms with Crippen molar-refractivity contribution in [2.45, 2.75) is 18.8 Å². The second kappa shape index (κ2) is 14.3. The number of rotatable bonds is 12. The Morgan fingerprint density at radius 1 is 0.953 bits per heavy atom. The van der Waals surface area contributed by atoms with Gasteiger partial charge >= 0.3 is 10.1 Å². The zero-order chi connectivity index (χ0) is 31.2. The fourth-order valence-corrected chi connectivity index (χ4v) is 8.02. The SMILES string of the molecule is C=CCN1CCN(c2cccc(OS(=O)(=O)C(OS(C)(=O)=O)c3cccc(N4CCN(CCC)CC4)c3Cl)c2C#N)CC1. The largest absolute Gasteiger partial charge is 0.379 e. The van der Waals surface area contributed by atoms with Crippen LogP contribution in [0, 0.1) is 11.3 Å². The first-order chi connectivity index (χ1) is 20.5. The summed E-state index contributed by atoms with van der Waals surface area (Å²) in [5, 5.41) is 10.1.